The first kappa shape index (κ1) is 10.3. The van der Waals surface area contributed by atoms with Gasteiger partial charge in [0, 0.05) is 5.57 Å². The molecule has 0 bridgehead atoms. The Bertz CT molecular complexity index is 233. The van der Waals surface area contributed by atoms with Crippen LogP contribution in [0.3, 0.4) is 0 Å². The molecule has 0 aromatic heterocycles. The Morgan fingerprint density at radius 1 is 1.54 bits per heavy atom. The van der Waals surface area contributed by atoms with Gasteiger partial charge in [0.15, 0.2) is 0 Å². The van der Waals surface area contributed by atoms with Crippen molar-refractivity contribution in [3.8, 4) is 0 Å². The number of allylic oxidation sites excluding steroid dienone is 1. The molecule has 1 atom stereocenters. The molecule has 1 aliphatic rings. The molecule has 1 rings (SSSR count). The van der Waals surface area contributed by atoms with Crippen LogP contribution < -0.4 is 0 Å². The molecule has 2 nitrogen and oxygen atoms in total. The van der Waals surface area contributed by atoms with Crippen LogP contribution in [0, 0.1) is 11.3 Å². The number of carbonyl (C=O) groups excluding carboxylic acids is 1. The molecular formula is C11H18O2. The van der Waals surface area contributed by atoms with Crippen molar-refractivity contribution < 1.29 is 9.53 Å². The van der Waals surface area contributed by atoms with E-state index in [0.29, 0.717) is 5.92 Å². The van der Waals surface area contributed by atoms with Gasteiger partial charge in [-0.15, -0.1) is 0 Å². The molecule has 0 fully saturated rings. The summed E-state index contributed by atoms with van der Waals surface area (Å²) in [6.45, 7) is 6.50. The standard InChI is InChI=1S/C11H18O2/c1-11(2,3)9-7-5-6-8(9)10(12)13-4/h6,9H,5,7H2,1-4H3. The second-order valence-electron chi connectivity index (χ2n) is 4.65. The average Bonchev–Trinajstić information content (AvgIpc) is 2.49. The van der Waals surface area contributed by atoms with Crippen LogP contribution in [-0.2, 0) is 9.53 Å². The van der Waals surface area contributed by atoms with Crippen LogP contribution >= 0.6 is 0 Å². The Hall–Kier alpha value is -0.790. The number of esters is 1. The Kier molecular flexibility index (Phi) is 2.79. The zero-order chi connectivity index (χ0) is 10.1. The van der Waals surface area contributed by atoms with E-state index >= 15 is 0 Å². The molecule has 0 saturated carbocycles. The molecule has 2 heteroatoms. The van der Waals surface area contributed by atoms with E-state index in [4.69, 9.17) is 4.74 Å². The predicted molar refractivity (Wildman–Crippen MR) is 52.3 cm³/mol. The van der Waals surface area contributed by atoms with Gasteiger partial charge < -0.3 is 4.74 Å². The highest BCUT2D eigenvalue weighted by atomic mass is 16.5. The topological polar surface area (TPSA) is 26.3 Å². The predicted octanol–water partition coefficient (Wildman–Crippen LogP) is 2.54. The van der Waals surface area contributed by atoms with E-state index in [0.717, 1.165) is 18.4 Å². The summed E-state index contributed by atoms with van der Waals surface area (Å²) in [6.07, 6.45) is 4.10. The minimum atomic E-state index is -0.155. The molecular weight excluding hydrogens is 164 g/mol. The summed E-state index contributed by atoms with van der Waals surface area (Å²) < 4.78 is 4.75. The van der Waals surface area contributed by atoms with E-state index in [-0.39, 0.29) is 11.4 Å². The molecule has 74 valence electrons. The Morgan fingerprint density at radius 2 is 2.15 bits per heavy atom. The van der Waals surface area contributed by atoms with Gasteiger partial charge in [0.25, 0.3) is 0 Å². The third-order valence-electron chi connectivity index (χ3n) is 2.66. The van der Waals surface area contributed by atoms with E-state index in [1.165, 1.54) is 7.11 Å². The highest BCUT2D eigenvalue weighted by Gasteiger charge is 2.34. The average molecular weight is 182 g/mol. The fourth-order valence-corrected chi connectivity index (χ4v) is 1.95. The molecule has 0 aliphatic heterocycles. The van der Waals surface area contributed by atoms with Crippen molar-refractivity contribution in [2.45, 2.75) is 33.6 Å². The van der Waals surface area contributed by atoms with Crippen molar-refractivity contribution in [3.63, 3.8) is 0 Å². The van der Waals surface area contributed by atoms with Crippen LogP contribution in [0.4, 0.5) is 0 Å². The molecule has 1 unspecified atom stereocenters. The number of hydrogen-bond acceptors (Lipinski definition) is 2. The van der Waals surface area contributed by atoms with Gasteiger partial charge in [-0.05, 0) is 24.2 Å². The Balaban J connectivity index is 2.80. The smallest absolute Gasteiger partial charge is 0.333 e. The number of carbonyl (C=O) groups is 1. The monoisotopic (exact) mass is 182 g/mol. The van der Waals surface area contributed by atoms with E-state index in [9.17, 15) is 4.79 Å². The summed E-state index contributed by atoms with van der Waals surface area (Å²) in [4.78, 5) is 11.4. The summed E-state index contributed by atoms with van der Waals surface area (Å²) in [6, 6.07) is 0. The van der Waals surface area contributed by atoms with Crippen molar-refractivity contribution in [3.05, 3.63) is 11.6 Å². The highest BCUT2D eigenvalue weighted by Crippen LogP contribution is 2.40. The molecule has 13 heavy (non-hydrogen) atoms. The molecule has 1 aliphatic carbocycles. The van der Waals surface area contributed by atoms with E-state index < -0.39 is 0 Å². The van der Waals surface area contributed by atoms with E-state index in [2.05, 4.69) is 20.8 Å². The van der Waals surface area contributed by atoms with Crippen molar-refractivity contribution in [1.82, 2.24) is 0 Å². The fourth-order valence-electron chi connectivity index (χ4n) is 1.95. The first-order valence-corrected chi connectivity index (χ1v) is 4.75. The van der Waals surface area contributed by atoms with Crippen LogP contribution in [0.25, 0.3) is 0 Å². The maximum absolute atomic E-state index is 11.4. The SMILES string of the molecule is COC(=O)C1=CCCC1C(C)(C)C. The third kappa shape index (κ3) is 2.11. The van der Waals surface area contributed by atoms with Gasteiger partial charge in [-0.3, -0.25) is 0 Å². The third-order valence-corrected chi connectivity index (χ3v) is 2.66. The van der Waals surface area contributed by atoms with Gasteiger partial charge >= 0.3 is 5.97 Å². The minimum Gasteiger partial charge on any atom is -0.466 e. The Labute approximate surface area is 80.0 Å². The highest BCUT2D eigenvalue weighted by molar-refractivity contribution is 5.89. The lowest BCUT2D eigenvalue weighted by Crippen LogP contribution is -2.24. The molecule has 0 radical (unpaired) electrons. The number of ether oxygens (including phenoxy) is 1. The maximum Gasteiger partial charge on any atom is 0.333 e. The minimum absolute atomic E-state index is 0.155. The molecule has 0 heterocycles. The van der Waals surface area contributed by atoms with Crippen LogP contribution in [0.2, 0.25) is 0 Å². The lowest BCUT2D eigenvalue weighted by Gasteiger charge is -2.28. The molecule has 0 aromatic rings. The van der Waals surface area contributed by atoms with Gasteiger partial charge in [0.1, 0.15) is 0 Å². The maximum atomic E-state index is 11.4. The van der Waals surface area contributed by atoms with Gasteiger partial charge in [0.05, 0.1) is 7.11 Å². The molecule has 0 spiro atoms. The van der Waals surface area contributed by atoms with E-state index in [1.807, 2.05) is 6.08 Å². The normalized spacial score (nSPS) is 22.8. The van der Waals surface area contributed by atoms with Crippen molar-refractivity contribution in [2.24, 2.45) is 11.3 Å². The second kappa shape index (κ2) is 3.52. The summed E-state index contributed by atoms with van der Waals surface area (Å²) in [5.74, 6) is 0.206. The quantitative estimate of drug-likeness (QED) is 0.582. The first-order valence-electron chi connectivity index (χ1n) is 4.75. The first-order chi connectivity index (χ1) is 5.96. The Morgan fingerprint density at radius 3 is 2.62 bits per heavy atom. The number of rotatable bonds is 1. The largest absolute Gasteiger partial charge is 0.466 e. The van der Waals surface area contributed by atoms with Crippen LogP contribution in [0.15, 0.2) is 11.6 Å². The van der Waals surface area contributed by atoms with Crippen molar-refractivity contribution in [1.29, 1.82) is 0 Å². The number of hydrogen-bond donors (Lipinski definition) is 0. The molecule has 0 aromatic carbocycles. The molecule has 0 amide bonds. The fraction of sp³-hybridized carbons (Fsp3) is 0.727. The van der Waals surface area contributed by atoms with E-state index in [1.54, 1.807) is 0 Å². The summed E-state index contributed by atoms with van der Waals surface area (Å²) >= 11 is 0. The van der Waals surface area contributed by atoms with Crippen molar-refractivity contribution in [2.75, 3.05) is 7.11 Å². The van der Waals surface area contributed by atoms with Crippen molar-refractivity contribution >= 4 is 5.97 Å². The zero-order valence-corrected chi connectivity index (χ0v) is 8.89. The number of methoxy groups -OCH3 is 1. The second-order valence-corrected chi connectivity index (χ2v) is 4.65. The van der Waals surface area contributed by atoms with Crippen LogP contribution in [-0.4, -0.2) is 13.1 Å². The van der Waals surface area contributed by atoms with Gasteiger partial charge in [0.2, 0.25) is 0 Å². The lowest BCUT2D eigenvalue weighted by atomic mass is 9.77. The van der Waals surface area contributed by atoms with Gasteiger partial charge in [-0.1, -0.05) is 26.8 Å². The summed E-state index contributed by atoms with van der Waals surface area (Å²) in [7, 11) is 1.45. The summed E-state index contributed by atoms with van der Waals surface area (Å²) in [5, 5.41) is 0. The van der Waals surface area contributed by atoms with Crippen LogP contribution in [0.1, 0.15) is 33.6 Å². The molecule has 0 saturated heterocycles. The van der Waals surface area contributed by atoms with Crippen LogP contribution in [0.5, 0.6) is 0 Å². The molecule has 0 N–H and O–H groups in total. The lowest BCUT2D eigenvalue weighted by molar-refractivity contribution is -0.137. The van der Waals surface area contributed by atoms with Gasteiger partial charge in [-0.25, -0.2) is 4.79 Å². The summed E-state index contributed by atoms with van der Waals surface area (Å²) in [5.41, 5.74) is 1.03. The zero-order valence-electron chi connectivity index (χ0n) is 8.89. The van der Waals surface area contributed by atoms with Gasteiger partial charge in [-0.2, -0.15) is 0 Å².